The largest absolute Gasteiger partial charge is 0.334 e. The predicted octanol–water partition coefficient (Wildman–Crippen LogP) is 3.74. The van der Waals surface area contributed by atoms with Crippen molar-refractivity contribution in [2.45, 2.75) is 19.9 Å². The topological polar surface area (TPSA) is 51.0 Å². The van der Waals surface area contributed by atoms with E-state index in [2.05, 4.69) is 23.9 Å². The van der Waals surface area contributed by atoms with Gasteiger partial charge < -0.3 is 4.90 Å². The lowest BCUT2D eigenvalue weighted by Gasteiger charge is -2.31. The third kappa shape index (κ3) is 3.60. The number of rotatable bonds is 5. The van der Waals surface area contributed by atoms with Crippen molar-refractivity contribution in [2.75, 3.05) is 7.05 Å². The van der Waals surface area contributed by atoms with Crippen LogP contribution in [0.2, 0.25) is 0 Å². The molecule has 5 nitrogen and oxygen atoms in total. The lowest BCUT2D eigenvalue weighted by atomic mass is 9.95. The number of aromatic nitrogens is 3. The molecule has 3 aromatic rings. The van der Waals surface area contributed by atoms with Gasteiger partial charge in [0.1, 0.15) is 0 Å². The highest BCUT2D eigenvalue weighted by Gasteiger charge is 2.25. The fraction of sp³-hybridized carbons (Fsp3) is 0.250. The molecule has 2 aromatic heterocycles. The third-order valence-electron chi connectivity index (χ3n) is 4.26. The fourth-order valence-electron chi connectivity index (χ4n) is 3.14. The van der Waals surface area contributed by atoms with Crippen LogP contribution in [0.25, 0.3) is 5.69 Å². The van der Waals surface area contributed by atoms with Crippen molar-refractivity contribution in [3.8, 4) is 5.69 Å². The van der Waals surface area contributed by atoms with Crippen molar-refractivity contribution in [3.05, 3.63) is 78.4 Å². The van der Waals surface area contributed by atoms with Crippen LogP contribution in [0.1, 0.15) is 35.8 Å². The van der Waals surface area contributed by atoms with E-state index in [0.29, 0.717) is 5.56 Å². The molecule has 0 unspecified atom stereocenters. The Balaban J connectivity index is 1.90. The maximum atomic E-state index is 13.1. The van der Waals surface area contributed by atoms with Gasteiger partial charge in [0.05, 0.1) is 11.7 Å². The lowest BCUT2D eigenvalue weighted by molar-refractivity contribution is 0.0687. The Labute approximate surface area is 147 Å². The molecule has 1 amide bonds. The Hall–Kier alpha value is -2.95. The van der Waals surface area contributed by atoms with E-state index in [1.165, 1.54) is 0 Å². The molecular formula is C20H22N4O. The summed E-state index contributed by atoms with van der Waals surface area (Å²) in [4.78, 5) is 19.1. The molecule has 0 saturated carbocycles. The number of nitrogens with zero attached hydrogens (tertiary/aromatic N) is 4. The summed E-state index contributed by atoms with van der Waals surface area (Å²) in [6.45, 7) is 4.23. The normalized spacial score (nSPS) is 12.2. The standard InChI is InChI=1S/C20H22N4O/c1-15(2)19(17-8-5-10-21-14-17)23(3)20(25)16-7-4-9-18(13-16)24-12-6-11-22-24/h4-15,19H,1-3H3/t19-/m0/s1. The maximum Gasteiger partial charge on any atom is 0.254 e. The predicted molar refractivity (Wildman–Crippen MR) is 97.5 cm³/mol. The van der Waals surface area contributed by atoms with E-state index in [0.717, 1.165) is 11.3 Å². The Morgan fingerprint density at radius 2 is 1.96 bits per heavy atom. The van der Waals surface area contributed by atoms with Crippen molar-refractivity contribution in [3.63, 3.8) is 0 Å². The third-order valence-corrected chi connectivity index (χ3v) is 4.26. The number of amides is 1. The Bertz CT molecular complexity index is 828. The van der Waals surface area contributed by atoms with Crippen LogP contribution in [0, 0.1) is 5.92 Å². The van der Waals surface area contributed by atoms with Gasteiger partial charge in [-0.3, -0.25) is 9.78 Å². The molecule has 3 rings (SSSR count). The van der Waals surface area contributed by atoms with E-state index in [-0.39, 0.29) is 17.9 Å². The van der Waals surface area contributed by atoms with Gasteiger partial charge in [-0.1, -0.05) is 26.0 Å². The lowest BCUT2D eigenvalue weighted by Crippen LogP contribution is -2.34. The van der Waals surface area contributed by atoms with E-state index in [4.69, 9.17) is 0 Å². The van der Waals surface area contributed by atoms with Gasteiger partial charge in [0, 0.05) is 37.4 Å². The van der Waals surface area contributed by atoms with E-state index < -0.39 is 0 Å². The summed E-state index contributed by atoms with van der Waals surface area (Å²) in [5, 5.41) is 4.23. The molecule has 2 heterocycles. The van der Waals surface area contributed by atoms with Crippen LogP contribution in [0.5, 0.6) is 0 Å². The van der Waals surface area contributed by atoms with Crippen molar-refractivity contribution in [1.82, 2.24) is 19.7 Å². The summed E-state index contributed by atoms with van der Waals surface area (Å²) in [6.07, 6.45) is 7.16. The molecule has 1 atom stereocenters. The van der Waals surface area contributed by atoms with Crippen molar-refractivity contribution in [2.24, 2.45) is 5.92 Å². The first kappa shape index (κ1) is 16.9. The zero-order valence-electron chi connectivity index (χ0n) is 14.7. The molecule has 128 valence electrons. The van der Waals surface area contributed by atoms with E-state index in [1.54, 1.807) is 22.0 Å². The molecule has 0 radical (unpaired) electrons. The highest BCUT2D eigenvalue weighted by molar-refractivity contribution is 5.94. The number of pyridine rings is 1. The van der Waals surface area contributed by atoms with Crippen LogP contribution < -0.4 is 0 Å². The van der Waals surface area contributed by atoms with E-state index >= 15 is 0 Å². The zero-order chi connectivity index (χ0) is 17.8. The van der Waals surface area contributed by atoms with Gasteiger partial charge in [-0.25, -0.2) is 4.68 Å². The molecule has 0 spiro atoms. The summed E-state index contributed by atoms with van der Waals surface area (Å²) >= 11 is 0. The average molecular weight is 334 g/mol. The molecule has 25 heavy (non-hydrogen) atoms. The molecule has 5 heteroatoms. The second-order valence-electron chi connectivity index (χ2n) is 6.39. The molecule has 0 aliphatic heterocycles. The van der Waals surface area contributed by atoms with Crippen LogP contribution in [-0.4, -0.2) is 32.6 Å². The number of hydrogen-bond acceptors (Lipinski definition) is 3. The quantitative estimate of drug-likeness (QED) is 0.714. The highest BCUT2D eigenvalue weighted by atomic mass is 16.2. The van der Waals surface area contributed by atoms with Gasteiger partial charge in [0.2, 0.25) is 0 Å². The van der Waals surface area contributed by atoms with E-state index in [9.17, 15) is 4.79 Å². The van der Waals surface area contributed by atoms with Gasteiger partial charge in [-0.2, -0.15) is 5.10 Å². The Morgan fingerprint density at radius 3 is 2.60 bits per heavy atom. The molecule has 0 saturated heterocycles. The van der Waals surface area contributed by atoms with Gasteiger partial charge >= 0.3 is 0 Å². The monoisotopic (exact) mass is 334 g/mol. The molecule has 0 fully saturated rings. The molecule has 0 aliphatic carbocycles. The molecule has 0 bridgehead atoms. The smallest absolute Gasteiger partial charge is 0.254 e. The molecule has 0 aliphatic rings. The molecule has 0 N–H and O–H groups in total. The summed E-state index contributed by atoms with van der Waals surface area (Å²) < 4.78 is 1.75. The minimum Gasteiger partial charge on any atom is -0.334 e. The second-order valence-corrected chi connectivity index (χ2v) is 6.39. The van der Waals surface area contributed by atoms with Crippen LogP contribution in [-0.2, 0) is 0 Å². The van der Waals surface area contributed by atoms with Crippen molar-refractivity contribution < 1.29 is 4.79 Å². The summed E-state index contributed by atoms with van der Waals surface area (Å²) in [5.74, 6) is 0.254. The SMILES string of the molecule is CC(C)[C@@H](c1cccnc1)N(C)C(=O)c1cccc(-n2cccn2)c1. The average Bonchev–Trinajstić information content (AvgIpc) is 3.16. The van der Waals surface area contributed by atoms with Gasteiger partial charge in [-0.15, -0.1) is 0 Å². The number of benzene rings is 1. The maximum absolute atomic E-state index is 13.1. The first-order valence-electron chi connectivity index (χ1n) is 8.35. The van der Waals surface area contributed by atoms with Gasteiger partial charge in [-0.05, 0) is 41.8 Å². The van der Waals surface area contributed by atoms with Crippen LogP contribution in [0.3, 0.4) is 0 Å². The minimum atomic E-state index is -0.0328. The van der Waals surface area contributed by atoms with Crippen molar-refractivity contribution >= 4 is 5.91 Å². The zero-order valence-corrected chi connectivity index (χ0v) is 14.7. The summed E-state index contributed by atoms with van der Waals surface area (Å²) in [5.41, 5.74) is 2.55. The van der Waals surface area contributed by atoms with Crippen molar-refractivity contribution in [1.29, 1.82) is 0 Å². The van der Waals surface area contributed by atoms with Crippen LogP contribution in [0.4, 0.5) is 0 Å². The first-order valence-corrected chi connectivity index (χ1v) is 8.35. The van der Waals surface area contributed by atoms with Gasteiger partial charge in [0.25, 0.3) is 5.91 Å². The molecular weight excluding hydrogens is 312 g/mol. The summed E-state index contributed by atoms with van der Waals surface area (Å²) in [6, 6.07) is 13.3. The number of carbonyl (C=O) groups is 1. The Kier molecular flexibility index (Phi) is 4.93. The molecule has 1 aromatic carbocycles. The van der Waals surface area contributed by atoms with E-state index in [1.807, 2.05) is 61.9 Å². The number of hydrogen-bond donors (Lipinski definition) is 0. The van der Waals surface area contributed by atoms with Gasteiger partial charge in [0.15, 0.2) is 0 Å². The summed E-state index contributed by atoms with van der Waals surface area (Å²) in [7, 11) is 1.85. The highest BCUT2D eigenvalue weighted by Crippen LogP contribution is 2.28. The minimum absolute atomic E-state index is 0.0171. The van der Waals surface area contributed by atoms with Crippen LogP contribution >= 0.6 is 0 Å². The Morgan fingerprint density at radius 1 is 1.12 bits per heavy atom. The second kappa shape index (κ2) is 7.30. The van der Waals surface area contributed by atoms with Crippen LogP contribution in [0.15, 0.2) is 67.3 Å². The first-order chi connectivity index (χ1) is 12.1. The fourth-order valence-corrected chi connectivity index (χ4v) is 3.14. The number of carbonyl (C=O) groups excluding carboxylic acids is 1.